The van der Waals surface area contributed by atoms with Crippen LogP contribution in [0.3, 0.4) is 0 Å². The highest BCUT2D eigenvalue weighted by atomic mass is 32.1. The fraction of sp³-hybridized carbons (Fsp3) is 0.429. The Morgan fingerprint density at radius 1 is 1.17 bits per heavy atom. The van der Waals surface area contributed by atoms with E-state index < -0.39 is 24.0 Å². The summed E-state index contributed by atoms with van der Waals surface area (Å²) in [7, 11) is 0. The molecular formula is C21H23F3N2O2S. The summed E-state index contributed by atoms with van der Waals surface area (Å²) in [4.78, 5) is 26.5. The van der Waals surface area contributed by atoms with Crippen LogP contribution in [0.25, 0.3) is 0 Å². The van der Waals surface area contributed by atoms with Crippen molar-refractivity contribution >= 4 is 28.8 Å². The van der Waals surface area contributed by atoms with Gasteiger partial charge in [-0.15, -0.1) is 11.3 Å². The van der Waals surface area contributed by atoms with E-state index in [0.29, 0.717) is 16.2 Å². The number of thiophene rings is 1. The molecule has 1 atom stereocenters. The number of amides is 2. The van der Waals surface area contributed by atoms with Gasteiger partial charge in [-0.2, -0.15) is 13.2 Å². The maximum Gasteiger partial charge on any atom is 0.471 e. The standard InChI is InChI=1S/C21H23F3N2O2S/c1-2-14-9-11-16(12-10-14)26(20(28)21(22,23)24)18(17-8-5-13-29-17)19(27)25-15-6-3-4-7-15/h5,8-13,15,18H,2-4,6-7H2,1H3,(H,25,27)/t18-/m1/s1. The zero-order chi connectivity index (χ0) is 21.0. The minimum atomic E-state index is -5.10. The Balaban J connectivity index is 2.03. The lowest BCUT2D eigenvalue weighted by Gasteiger charge is -2.32. The molecule has 0 unspecified atom stereocenters. The molecule has 1 N–H and O–H groups in total. The lowest BCUT2D eigenvalue weighted by atomic mass is 10.1. The molecule has 0 spiro atoms. The van der Waals surface area contributed by atoms with Crippen molar-refractivity contribution in [2.45, 2.75) is 57.3 Å². The van der Waals surface area contributed by atoms with Gasteiger partial charge in [-0.25, -0.2) is 0 Å². The van der Waals surface area contributed by atoms with Crippen LogP contribution in [0, 0.1) is 0 Å². The first-order valence-corrected chi connectivity index (χ1v) is 10.5. The van der Waals surface area contributed by atoms with Crippen LogP contribution < -0.4 is 10.2 Å². The highest BCUT2D eigenvalue weighted by Crippen LogP contribution is 2.35. The quantitative estimate of drug-likeness (QED) is 0.709. The van der Waals surface area contributed by atoms with Crippen molar-refractivity contribution in [3.05, 3.63) is 52.2 Å². The van der Waals surface area contributed by atoms with E-state index in [1.54, 1.807) is 29.6 Å². The third-order valence-corrected chi connectivity index (χ3v) is 6.03. The monoisotopic (exact) mass is 424 g/mol. The largest absolute Gasteiger partial charge is 0.471 e. The van der Waals surface area contributed by atoms with Gasteiger partial charge < -0.3 is 5.32 Å². The van der Waals surface area contributed by atoms with Gasteiger partial charge in [0.1, 0.15) is 0 Å². The molecule has 0 saturated heterocycles. The second-order valence-corrected chi connectivity index (χ2v) is 8.08. The van der Waals surface area contributed by atoms with Gasteiger partial charge in [0.25, 0.3) is 0 Å². The molecule has 8 heteroatoms. The zero-order valence-corrected chi connectivity index (χ0v) is 16.9. The first-order chi connectivity index (χ1) is 13.8. The lowest BCUT2D eigenvalue weighted by molar-refractivity contribution is -0.171. The van der Waals surface area contributed by atoms with Crippen LogP contribution in [0.2, 0.25) is 0 Å². The van der Waals surface area contributed by atoms with E-state index in [-0.39, 0.29) is 11.7 Å². The highest BCUT2D eigenvalue weighted by Gasteiger charge is 2.47. The predicted molar refractivity (Wildman–Crippen MR) is 107 cm³/mol. The molecule has 156 valence electrons. The number of carbonyl (C=O) groups is 2. The number of anilines is 1. The molecule has 1 aliphatic rings. The minimum absolute atomic E-state index is 0.0458. The van der Waals surface area contributed by atoms with E-state index in [1.165, 1.54) is 12.1 Å². The molecular weight excluding hydrogens is 401 g/mol. The summed E-state index contributed by atoms with van der Waals surface area (Å²) < 4.78 is 40.4. The maximum absolute atomic E-state index is 13.5. The van der Waals surface area contributed by atoms with E-state index in [1.807, 2.05) is 6.92 Å². The molecule has 1 saturated carbocycles. The number of nitrogens with one attached hydrogen (secondary N) is 1. The summed E-state index contributed by atoms with van der Waals surface area (Å²) >= 11 is 1.15. The molecule has 2 aromatic rings. The molecule has 0 aliphatic heterocycles. The number of nitrogens with zero attached hydrogens (tertiary/aromatic N) is 1. The fourth-order valence-corrected chi connectivity index (χ4v) is 4.40. The second-order valence-electron chi connectivity index (χ2n) is 7.10. The number of alkyl halides is 3. The van der Waals surface area contributed by atoms with Crippen molar-refractivity contribution in [3.63, 3.8) is 0 Å². The van der Waals surface area contributed by atoms with Crippen molar-refractivity contribution < 1.29 is 22.8 Å². The van der Waals surface area contributed by atoms with Crippen LogP contribution in [0.1, 0.15) is 49.1 Å². The molecule has 1 aromatic heterocycles. The average molecular weight is 424 g/mol. The second kappa shape index (κ2) is 8.98. The highest BCUT2D eigenvalue weighted by molar-refractivity contribution is 7.10. The zero-order valence-electron chi connectivity index (χ0n) is 16.0. The number of aryl methyl sites for hydroxylation is 1. The topological polar surface area (TPSA) is 49.4 Å². The summed E-state index contributed by atoms with van der Waals surface area (Å²) in [5.41, 5.74) is 0.973. The Morgan fingerprint density at radius 2 is 1.83 bits per heavy atom. The number of halogens is 3. The van der Waals surface area contributed by atoms with Crippen LogP contribution in [0.15, 0.2) is 41.8 Å². The molecule has 1 heterocycles. The number of rotatable bonds is 6. The average Bonchev–Trinajstić information content (AvgIpc) is 3.39. The third-order valence-electron chi connectivity index (χ3n) is 5.10. The maximum atomic E-state index is 13.5. The fourth-order valence-electron chi connectivity index (χ4n) is 3.58. The van der Waals surface area contributed by atoms with Gasteiger partial charge in [0.15, 0.2) is 6.04 Å². The number of carbonyl (C=O) groups excluding carboxylic acids is 2. The Labute approximate surface area is 171 Å². The summed E-state index contributed by atoms with van der Waals surface area (Å²) in [6.07, 6.45) is -0.865. The van der Waals surface area contributed by atoms with Crippen LogP contribution in [0.4, 0.5) is 18.9 Å². The lowest BCUT2D eigenvalue weighted by Crippen LogP contribution is -2.50. The normalized spacial score (nSPS) is 15.9. The first kappa shape index (κ1) is 21.4. The molecule has 1 aromatic carbocycles. The Hall–Kier alpha value is -2.35. The van der Waals surface area contributed by atoms with Crippen molar-refractivity contribution in [2.75, 3.05) is 4.90 Å². The number of benzene rings is 1. The van der Waals surface area contributed by atoms with Crippen molar-refractivity contribution in [2.24, 2.45) is 0 Å². The summed E-state index contributed by atoms with van der Waals surface area (Å²) in [6, 6.07) is 8.07. The van der Waals surface area contributed by atoms with E-state index >= 15 is 0 Å². The van der Waals surface area contributed by atoms with Gasteiger partial charge in [-0.05, 0) is 48.4 Å². The van der Waals surface area contributed by atoms with Crippen LogP contribution >= 0.6 is 11.3 Å². The van der Waals surface area contributed by atoms with E-state index in [9.17, 15) is 22.8 Å². The molecule has 1 fully saturated rings. The van der Waals surface area contributed by atoms with Gasteiger partial charge in [0.05, 0.1) is 0 Å². The predicted octanol–water partition coefficient (Wildman–Crippen LogP) is 5.01. The Morgan fingerprint density at radius 3 is 2.34 bits per heavy atom. The SMILES string of the molecule is CCc1ccc(N(C(=O)C(F)(F)F)[C@@H](C(=O)NC2CCCC2)c2cccs2)cc1. The summed E-state index contributed by atoms with van der Waals surface area (Å²) in [6.45, 7) is 1.93. The van der Waals surface area contributed by atoms with Crippen LogP contribution in [-0.4, -0.2) is 24.0 Å². The Kier molecular flexibility index (Phi) is 6.62. The molecule has 2 amide bonds. The summed E-state index contributed by atoms with van der Waals surface area (Å²) in [5.74, 6) is -2.64. The minimum Gasteiger partial charge on any atom is -0.351 e. The van der Waals surface area contributed by atoms with Crippen molar-refractivity contribution in [1.29, 1.82) is 0 Å². The molecule has 4 nitrogen and oxygen atoms in total. The van der Waals surface area contributed by atoms with Gasteiger partial charge in [0.2, 0.25) is 5.91 Å². The van der Waals surface area contributed by atoms with Gasteiger partial charge >= 0.3 is 12.1 Å². The van der Waals surface area contributed by atoms with Gasteiger partial charge in [0, 0.05) is 16.6 Å². The first-order valence-electron chi connectivity index (χ1n) is 9.64. The van der Waals surface area contributed by atoms with Crippen molar-refractivity contribution in [3.8, 4) is 0 Å². The van der Waals surface area contributed by atoms with E-state index in [4.69, 9.17) is 0 Å². The van der Waals surface area contributed by atoms with Gasteiger partial charge in [-0.1, -0.05) is 38.0 Å². The smallest absolute Gasteiger partial charge is 0.351 e. The molecule has 3 rings (SSSR count). The third kappa shape index (κ3) is 4.98. The van der Waals surface area contributed by atoms with E-state index in [0.717, 1.165) is 42.6 Å². The molecule has 0 radical (unpaired) electrons. The molecule has 0 bridgehead atoms. The number of hydrogen-bond donors (Lipinski definition) is 1. The van der Waals surface area contributed by atoms with E-state index in [2.05, 4.69) is 5.32 Å². The molecule has 29 heavy (non-hydrogen) atoms. The summed E-state index contributed by atoms with van der Waals surface area (Å²) in [5, 5.41) is 4.53. The Bertz CT molecular complexity index is 829. The molecule has 1 aliphatic carbocycles. The number of hydrogen-bond acceptors (Lipinski definition) is 3. The van der Waals surface area contributed by atoms with Gasteiger partial charge in [-0.3, -0.25) is 14.5 Å². The van der Waals surface area contributed by atoms with Crippen molar-refractivity contribution in [1.82, 2.24) is 5.32 Å². The van der Waals surface area contributed by atoms with Crippen LogP contribution in [0.5, 0.6) is 0 Å². The van der Waals surface area contributed by atoms with Crippen LogP contribution in [-0.2, 0) is 16.0 Å².